The molecule has 1 aliphatic heterocycles. The molecule has 0 saturated carbocycles. The first-order valence-corrected chi connectivity index (χ1v) is 14.1. The van der Waals surface area contributed by atoms with E-state index in [0.29, 0.717) is 109 Å². The number of imide groups is 1. The Hall–Kier alpha value is -3.10. The summed E-state index contributed by atoms with van der Waals surface area (Å²) >= 11 is 0. The molecule has 12 heteroatoms. The van der Waals surface area contributed by atoms with Gasteiger partial charge >= 0.3 is 0 Å². The van der Waals surface area contributed by atoms with E-state index in [1.165, 1.54) is 4.90 Å². The summed E-state index contributed by atoms with van der Waals surface area (Å²) in [4.78, 5) is 25.8. The predicted octanol–water partition coefficient (Wildman–Crippen LogP) is 2.06. The van der Waals surface area contributed by atoms with E-state index in [1.54, 1.807) is 36.4 Å². The number of carbonyl (C=O) groups excluding carboxylic acids is 2. The Balaban J connectivity index is 0.974. The summed E-state index contributed by atoms with van der Waals surface area (Å²) in [6.07, 6.45) is 0. The lowest BCUT2D eigenvalue weighted by molar-refractivity contribution is -0.0214. The van der Waals surface area contributed by atoms with Crippen molar-refractivity contribution in [1.82, 2.24) is 4.90 Å². The molecule has 0 radical (unpaired) electrons. The smallest absolute Gasteiger partial charge is 0.261 e. The molecule has 1 heterocycles. The van der Waals surface area contributed by atoms with Gasteiger partial charge in [-0.05, 0) is 36.4 Å². The maximum absolute atomic E-state index is 12.3. The summed E-state index contributed by atoms with van der Waals surface area (Å²) < 4.78 is 43.8. The highest BCUT2D eigenvalue weighted by Gasteiger charge is 2.34. The maximum Gasteiger partial charge on any atom is 0.261 e. The van der Waals surface area contributed by atoms with Crippen LogP contribution >= 0.6 is 0 Å². The molecule has 12 nitrogen and oxygen atoms in total. The van der Waals surface area contributed by atoms with Crippen molar-refractivity contribution in [2.75, 3.05) is 111 Å². The van der Waals surface area contributed by atoms with E-state index in [1.807, 2.05) is 12.1 Å². The topological polar surface area (TPSA) is 137 Å². The molecule has 42 heavy (non-hydrogen) atoms. The first kappa shape index (κ1) is 33.4. The van der Waals surface area contributed by atoms with Crippen LogP contribution < -0.4 is 10.5 Å². The number of fused-ring (bicyclic) bond motifs is 1. The quantitative estimate of drug-likeness (QED) is 0.103. The van der Waals surface area contributed by atoms with E-state index in [9.17, 15) is 9.59 Å². The second-order valence-electron chi connectivity index (χ2n) is 9.01. The van der Waals surface area contributed by atoms with Crippen LogP contribution in [-0.4, -0.2) is 122 Å². The van der Waals surface area contributed by atoms with Crippen LogP contribution in [0, 0.1) is 0 Å². The summed E-state index contributed by atoms with van der Waals surface area (Å²) in [6, 6.07) is 14.1. The average Bonchev–Trinajstić information content (AvgIpc) is 3.25. The van der Waals surface area contributed by atoms with Gasteiger partial charge in [-0.2, -0.15) is 0 Å². The van der Waals surface area contributed by atoms with Crippen molar-refractivity contribution in [3.05, 3.63) is 59.7 Å². The average molecular weight is 591 g/mol. The van der Waals surface area contributed by atoms with Crippen molar-refractivity contribution in [1.29, 1.82) is 0 Å². The molecule has 0 aliphatic carbocycles. The fraction of sp³-hybridized carbons (Fsp3) is 0.533. The van der Waals surface area contributed by atoms with Crippen LogP contribution in [0.5, 0.6) is 5.75 Å². The molecule has 232 valence electrons. The highest BCUT2D eigenvalue weighted by atomic mass is 16.6. The number of hydrogen-bond acceptors (Lipinski definition) is 11. The maximum atomic E-state index is 12.3. The number of carbonyl (C=O) groups is 2. The molecular weight excluding hydrogens is 548 g/mol. The van der Waals surface area contributed by atoms with Gasteiger partial charge in [0.15, 0.2) is 0 Å². The lowest BCUT2D eigenvalue weighted by Crippen LogP contribution is -2.33. The summed E-state index contributed by atoms with van der Waals surface area (Å²) in [5.74, 6) is 0.211. The van der Waals surface area contributed by atoms with Gasteiger partial charge in [-0.3, -0.25) is 14.5 Å². The van der Waals surface area contributed by atoms with Crippen LogP contribution in [0.2, 0.25) is 0 Å². The van der Waals surface area contributed by atoms with E-state index >= 15 is 0 Å². The number of anilines is 1. The first-order chi connectivity index (χ1) is 20.7. The molecule has 0 saturated heterocycles. The van der Waals surface area contributed by atoms with Crippen LogP contribution in [0.1, 0.15) is 20.7 Å². The number of nitrogens with zero attached hydrogens (tertiary/aromatic N) is 1. The zero-order valence-corrected chi connectivity index (χ0v) is 24.0. The molecule has 3 rings (SSSR count). The van der Waals surface area contributed by atoms with Crippen molar-refractivity contribution in [2.24, 2.45) is 0 Å². The van der Waals surface area contributed by atoms with Gasteiger partial charge in [0.1, 0.15) is 12.4 Å². The monoisotopic (exact) mass is 590 g/mol. The SMILES string of the molecule is Nc1ccc(OCCOCCOCCOCCOCCOCCOCCOCCN2C(=O)c3ccccc3C2=O)cc1. The largest absolute Gasteiger partial charge is 0.491 e. The van der Waals surface area contributed by atoms with Gasteiger partial charge in [0.25, 0.3) is 11.8 Å². The number of nitrogens with two attached hydrogens (primary N) is 1. The molecule has 2 aromatic rings. The third kappa shape index (κ3) is 12.8. The van der Waals surface area contributed by atoms with Crippen molar-refractivity contribution < 1.29 is 47.5 Å². The van der Waals surface area contributed by atoms with E-state index in [2.05, 4.69) is 0 Å². The van der Waals surface area contributed by atoms with E-state index in [0.717, 1.165) is 5.75 Å². The van der Waals surface area contributed by atoms with Crippen molar-refractivity contribution >= 4 is 17.5 Å². The molecular formula is C30H42N2O10. The van der Waals surface area contributed by atoms with Gasteiger partial charge in [-0.1, -0.05) is 12.1 Å². The number of nitrogen functional groups attached to an aromatic ring is 1. The third-order valence-electron chi connectivity index (χ3n) is 5.95. The molecule has 0 spiro atoms. The van der Waals surface area contributed by atoms with Crippen LogP contribution in [0.3, 0.4) is 0 Å². The Kier molecular flexibility index (Phi) is 16.5. The van der Waals surface area contributed by atoms with Gasteiger partial charge in [-0.25, -0.2) is 0 Å². The van der Waals surface area contributed by atoms with Gasteiger partial charge in [0, 0.05) is 5.69 Å². The van der Waals surface area contributed by atoms with Crippen LogP contribution in [-0.2, 0) is 33.2 Å². The number of amides is 2. The van der Waals surface area contributed by atoms with Crippen molar-refractivity contribution in [3.63, 3.8) is 0 Å². The second-order valence-corrected chi connectivity index (χ2v) is 9.01. The minimum atomic E-state index is -0.277. The zero-order chi connectivity index (χ0) is 29.7. The number of rotatable bonds is 25. The van der Waals surface area contributed by atoms with E-state index < -0.39 is 0 Å². The molecule has 0 unspecified atom stereocenters. The molecule has 2 aromatic carbocycles. The number of hydrogen-bond donors (Lipinski definition) is 1. The third-order valence-corrected chi connectivity index (χ3v) is 5.95. The Bertz CT molecular complexity index is 1000. The van der Waals surface area contributed by atoms with Gasteiger partial charge in [0.05, 0.1) is 110 Å². The first-order valence-electron chi connectivity index (χ1n) is 14.1. The Labute approximate surface area is 246 Å². The fourth-order valence-electron chi connectivity index (χ4n) is 3.80. The highest BCUT2D eigenvalue weighted by molar-refractivity contribution is 6.21. The van der Waals surface area contributed by atoms with E-state index in [-0.39, 0.29) is 25.0 Å². The Morgan fingerprint density at radius 1 is 0.476 bits per heavy atom. The minimum Gasteiger partial charge on any atom is -0.491 e. The van der Waals surface area contributed by atoms with Gasteiger partial charge < -0.3 is 43.6 Å². The second kappa shape index (κ2) is 20.7. The molecule has 1 aliphatic rings. The fourth-order valence-corrected chi connectivity index (χ4v) is 3.80. The highest BCUT2D eigenvalue weighted by Crippen LogP contribution is 2.21. The Morgan fingerprint density at radius 2 is 0.833 bits per heavy atom. The molecule has 0 aromatic heterocycles. The molecule has 0 atom stereocenters. The molecule has 0 fully saturated rings. The lowest BCUT2D eigenvalue weighted by atomic mass is 10.1. The number of benzene rings is 2. The normalized spacial score (nSPS) is 12.7. The minimum absolute atomic E-state index is 0.216. The van der Waals surface area contributed by atoms with Crippen LogP contribution in [0.15, 0.2) is 48.5 Å². The van der Waals surface area contributed by atoms with E-state index in [4.69, 9.17) is 43.6 Å². The molecule has 0 bridgehead atoms. The van der Waals surface area contributed by atoms with Crippen LogP contribution in [0.25, 0.3) is 0 Å². The standard InChI is InChI=1S/C30H42N2O10/c31-25-5-7-26(8-6-25)42-24-23-41-22-21-40-20-19-39-18-17-38-16-15-37-14-13-36-12-11-35-10-9-32-29(33)27-3-1-2-4-28(27)30(32)34/h1-8H,9-24,31H2. The summed E-state index contributed by atoms with van der Waals surface area (Å²) in [7, 11) is 0. The summed E-state index contributed by atoms with van der Waals surface area (Å²) in [5, 5.41) is 0. The molecule has 2 amide bonds. The molecule has 2 N–H and O–H groups in total. The van der Waals surface area contributed by atoms with Crippen molar-refractivity contribution in [3.8, 4) is 5.75 Å². The summed E-state index contributed by atoms with van der Waals surface area (Å²) in [5.41, 5.74) is 7.22. The lowest BCUT2D eigenvalue weighted by Gasteiger charge is -2.13. The van der Waals surface area contributed by atoms with Gasteiger partial charge in [-0.15, -0.1) is 0 Å². The Morgan fingerprint density at radius 3 is 1.24 bits per heavy atom. The van der Waals surface area contributed by atoms with Gasteiger partial charge in [0.2, 0.25) is 0 Å². The van der Waals surface area contributed by atoms with Crippen molar-refractivity contribution in [2.45, 2.75) is 0 Å². The van der Waals surface area contributed by atoms with Crippen LogP contribution in [0.4, 0.5) is 5.69 Å². The predicted molar refractivity (Wildman–Crippen MR) is 154 cm³/mol. The zero-order valence-electron chi connectivity index (χ0n) is 24.0. The summed E-state index contributed by atoms with van der Waals surface area (Å²) in [6.45, 7) is 6.96. The number of ether oxygens (including phenoxy) is 8.